The first kappa shape index (κ1) is 8.48. The lowest BCUT2D eigenvalue weighted by molar-refractivity contribution is 0.0791. The van der Waals surface area contributed by atoms with E-state index in [-0.39, 0.29) is 11.7 Å². The smallest absolute Gasteiger partial charge is 0.167 e. The summed E-state index contributed by atoms with van der Waals surface area (Å²) < 4.78 is 0.800. The van der Waals surface area contributed by atoms with Crippen LogP contribution in [-0.2, 0) is 0 Å². The van der Waals surface area contributed by atoms with Crippen molar-refractivity contribution in [3.05, 3.63) is 27.7 Å². The average Bonchev–Trinajstić information content (AvgIpc) is 2.08. The van der Waals surface area contributed by atoms with Crippen LogP contribution in [-0.4, -0.2) is 5.78 Å². The predicted octanol–water partition coefficient (Wildman–Crippen LogP) is 2.72. The van der Waals surface area contributed by atoms with E-state index in [1.165, 1.54) is 5.56 Å². The van der Waals surface area contributed by atoms with E-state index >= 15 is 0 Å². The molecular weight excluding hydrogens is 242 g/mol. The van der Waals surface area contributed by atoms with Crippen LogP contribution >= 0.6 is 15.9 Å². The van der Waals surface area contributed by atoms with Gasteiger partial charge in [0, 0.05) is 17.2 Å². The molecule has 3 aliphatic carbocycles. The molecule has 3 aliphatic rings. The van der Waals surface area contributed by atoms with E-state index < -0.39 is 0 Å². The van der Waals surface area contributed by atoms with Crippen molar-refractivity contribution in [2.75, 3.05) is 5.73 Å². The van der Waals surface area contributed by atoms with Crippen LogP contribution in [0, 0.1) is 5.92 Å². The summed E-state index contributed by atoms with van der Waals surface area (Å²) in [4.78, 5) is 11.9. The van der Waals surface area contributed by atoms with Crippen LogP contribution in [0.1, 0.15) is 34.7 Å². The molecule has 3 heteroatoms. The Hall–Kier alpha value is -0.830. The lowest BCUT2D eigenvalue weighted by atomic mass is 9.62. The highest BCUT2D eigenvalue weighted by Gasteiger charge is 2.44. The zero-order chi connectivity index (χ0) is 9.87. The molecule has 0 amide bonds. The zero-order valence-electron chi connectivity index (χ0n) is 7.59. The molecule has 72 valence electrons. The summed E-state index contributed by atoms with van der Waals surface area (Å²) in [6, 6.07) is 3.89. The van der Waals surface area contributed by atoms with Crippen LogP contribution in [0.25, 0.3) is 0 Å². The minimum Gasteiger partial charge on any atom is -0.398 e. The summed E-state index contributed by atoms with van der Waals surface area (Å²) >= 11 is 3.41. The molecule has 0 aliphatic heterocycles. The number of nitrogen functional groups attached to an aromatic ring is 1. The molecule has 0 radical (unpaired) electrons. The Labute approximate surface area is 90.6 Å². The molecule has 0 spiro atoms. The van der Waals surface area contributed by atoms with E-state index in [0.717, 1.165) is 22.9 Å². The molecule has 0 atom stereocenters. The average molecular weight is 252 g/mol. The number of anilines is 1. The predicted molar refractivity (Wildman–Crippen MR) is 58.3 cm³/mol. The van der Waals surface area contributed by atoms with E-state index in [4.69, 9.17) is 5.73 Å². The van der Waals surface area contributed by atoms with Gasteiger partial charge in [-0.15, -0.1) is 0 Å². The molecule has 1 aromatic carbocycles. The molecular formula is C11H10BrNO. The first-order valence-corrected chi connectivity index (χ1v) is 5.60. The van der Waals surface area contributed by atoms with Crippen molar-refractivity contribution in [1.82, 2.24) is 0 Å². The maximum atomic E-state index is 11.9. The molecule has 0 unspecified atom stereocenters. The van der Waals surface area contributed by atoms with Crippen molar-refractivity contribution >= 4 is 27.4 Å². The Morgan fingerprint density at radius 1 is 1.29 bits per heavy atom. The minimum atomic E-state index is 0.269. The fourth-order valence-electron chi connectivity index (χ4n) is 2.49. The number of ketones is 1. The Morgan fingerprint density at radius 2 is 2.00 bits per heavy atom. The Bertz CT molecular complexity index is 435. The van der Waals surface area contributed by atoms with Crippen LogP contribution in [0.15, 0.2) is 16.6 Å². The van der Waals surface area contributed by atoms with Crippen molar-refractivity contribution in [2.45, 2.75) is 18.8 Å². The molecule has 0 aromatic heterocycles. The highest BCUT2D eigenvalue weighted by Crippen LogP contribution is 2.51. The number of hydrogen-bond acceptors (Lipinski definition) is 2. The molecule has 2 nitrogen and oxygen atoms in total. The maximum Gasteiger partial charge on any atom is 0.167 e. The second-order valence-electron chi connectivity index (χ2n) is 4.16. The minimum absolute atomic E-state index is 0.269. The van der Waals surface area contributed by atoms with Gasteiger partial charge in [0.15, 0.2) is 5.78 Å². The molecule has 4 rings (SSSR count). The van der Waals surface area contributed by atoms with Gasteiger partial charge in [-0.1, -0.05) is 6.07 Å². The fraction of sp³-hybridized carbons (Fsp3) is 0.364. The number of Topliss-reactive ketones (excluding diaryl/α,β-unsaturated/α-hetero) is 1. The third-order valence-electron chi connectivity index (χ3n) is 3.40. The quantitative estimate of drug-likeness (QED) is 0.721. The highest BCUT2D eigenvalue weighted by molar-refractivity contribution is 9.10. The number of hydrogen-bond donors (Lipinski definition) is 1. The SMILES string of the molecule is Nc1ccc2c(c1Br)C(=O)C1CC2C1. The van der Waals surface area contributed by atoms with Crippen molar-refractivity contribution in [3.8, 4) is 0 Å². The van der Waals surface area contributed by atoms with Gasteiger partial charge < -0.3 is 5.73 Å². The largest absolute Gasteiger partial charge is 0.398 e. The number of halogens is 1. The van der Waals surface area contributed by atoms with Crippen LogP contribution in [0.5, 0.6) is 0 Å². The van der Waals surface area contributed by atoms with Gasteiger partial charge in [-0.25, -0.2) is 0 Å². The number of benzene rings is 1. The monoisotopic (exact) mass is 251 g/mol. The maximum absolute atomic E-state index is 11.9. The summed E-state index contributed by atoms with van der Waals surface area (Å²) in [6.45, 7) is 0. The zero-order valence-corrected chi connectivity index (χ0v) is 9.17. The standard InChI is InChI=1S/C11H10BrNO/c12-10-8(13)2-1-7-5-3-6(4-5)11(14)9(7)10/h1-2,5-6H,3-4,13H2. The van der Waals surface area contributed by atoms with E-state index in [0.29, 0.717) is 11.6 Å². The number of carbonyl (C=O) groups excluding carboxylic acids is 1. The van der Waals surface area contributed by atoms with Crippen molar-refractivity contribution < 1.29 is 4.79 Å². The summed E-state index contributed by atoms with van der Waals surface area (Å²) in [7, 11) is 0. The van der Waals surface area contributed by atoms with E-state index in [9.17, 15) is 4.79 Å². The molecule has 0 saturated heterocycles. The lowest BCUT2D eigenvalue weighted by Crippen LogP contribution is -2.36. The number of nitrogens with two attached hydrogens (primary N) is 1. The van der Waals surface area contributed by atoms with Crippen molar-refractivity contribution in [1.29, 1.82) is 0 Å². The Morgan fingerprint density at radius 3 is 2.71 bits per heavy atom. The Kier molecular flexibility index (Phi) is 1.57. The number of carbonyl (C=O) groups is 1. The van der Waals surface area contributed by atoms with Gasteiger partial charge >= 0.3 is 0 Å². The van der Waals surface area contributed by atoms with Crippen LogP contribution in [0.3, 0.4) is 0 Å². The van der Waals surface area contributed by atoms with Crippen molar-refractivity contribution in [3.63, 3.8) is 0 Å². The van der Waals surface area contributed by atoms with E-state index in [1.807, 2.05) is 12.1 Å². The van der Waals surface area contributed by atoms with Gasteiger partial charge in [-0.3, -0.25) is 4.79 Å². The molecule has 14 heavy (non-hydrogen) atoms. The van der Waals surface area contributed by atoms with E-state index in [1.54, 1.807) is 0 Å². The summed E-state index contributed by atoms with van der Waals surface area (Å²) in [5, 5.41) is 0. The fourth-order valence-corrected chi connectivity index (χ4v) is 3.04. The second kappa shape index (κ2) is 2.60. The normalized spacial score (nSPS) is 28.2. The molecule has 2 N–H and O–H groups in total. The molecule has 2 bridgehead atoms. The van der Waals surface area contributed by atoms with Gasteiger partial charge in [-0.2, -0.15) is 0 Å². The third-order valence-corrected chi connectivity index (χ3v) is 4.25. The molecule has 0 heterocycles. The number of rotatable bonds is 0. The summed E-state index contributed by atoms with van der Waals surface area (Å²) in [5.41, 5.74) is 8.47. The first-order valence-electron chi connectivity index (χ1n) is 4.80. The molecule has 1 aromatic rings. The topological polar surface area (TPSA) is 43.1 Å². The summed E-state index contributed by atoms with van der Waals surface area (Å²) in [6.07, 6.45) is 2.09. The summed E-state index contributed by atoms with van der Waals surface area (Å²) in [5.74, 6) is 1.15. The lowest BCUT2D eigenvalue weighted by Gasteiger charge is -2.41. The highest BCUT2D eigenvalue weighted by atomic mass is 79.9. The first-order chi connectivity index (χ1) is 6.68. The van der Waals surface area contributed by atoms with E-state index in [2.05, 4.69) is 15.9 Å². The van der Waals surface area contributed by atoms with Crippen molar-refractivity contribution in [2.24, 2.45) is 5.92 Å². The van der Waals surface area contributed by atoms with Crippen LogP contribution in [0.4, 0.5) is 5.69 Å². The Balaban J connectivity index is 2.29. The third kappa shape index (κ3) is 0.883. The van der Waals surface area contributed by atoms with Gasteiger partial charge in [0.05, 0.1) is 4.47 Å². The van der Waals surface area contributed by atoms with Gasteiger partial charge in [-0.05, 0) is 46.3 Å². The molecule has 1 fully saturated rings. The van der Waals surface area contributed by atoms with Gasteiger partial charge in [0.1, 0.15) is 0 Å². The van der Waals surface area contributed by atoms with Crippen LogP contribution in [0.2, 0.25) is 0 Å². The molecule has 1 saturated carbocycles. The van der Waals surface area contributed by atoms with Crippen LogP contribution < -0.4 is 5.73 Å². The van der Waals surface area contributed by atoms with Gasteiger partial charge in [0.25, 0.3) is 0 Å². The second-order valence-corrected chi connectivity index (χ2v) is 4.96. The van der Waals surface area contributed by atoms with Gasteiger partial charge in [0.2, 0.25) is 0 Å².